The summed E-state index contributed by atoms with van der Waals surface area (Å²) in [6, 6.07) is 16.5. The van der Waals surface area contributed by atoms with Crippen LogP contribution in [0, 0.1) is 0 Å². The zero-order valence-corrected chi connectivity index (χ0v) is 15.2. The number of carbonyl (C=O) groups excluding carboxylic acids is 2. The molecule has 0 bridgehead atoms. The van der Waals surface area contributed by atoms with Crippen LogP contribution in [0.15, 0.2) is 67.0 Å². The van der Waals surface area contributed by atoms with Crippen molar-refractivity contribution in [1.29, 1.82) is 0 Å². The van der Waals surface area contributed by atoms with Gasteiger partial charge in [0.25, 0.3) is 5.91 Å². The van der Waals surface area contributed by atoms with Crippen molar-refractivity contribution in [1.82, 2.24) is 9.97 Å². The first kappa shape index (κ1) is 18.3. The number of Topliss-reactive ketones (excluding diaryl/α,β-unsaturated/α-hetero) is 1. The third-order valence-electron chi connectivity index (χ3n) is 4.06. The molecule has 0 fully saturated rings. The quantitative estimate of drug-likeness (QED) is 0.670. The predicted molar refractivity (Wildman–Crippen MR) is 106 cm³/mol. The number of benzene rings is 2. The van der Waals surface area contributed by atoms with Crippen LogP contribution in [0.2, 0.25) is 0 Å². The lowest BCUT2D eigenvalue weighted by molar-refractivity contribution is 0.0981. The number of para-hydroxylation sites is 1. The first-order valence-corrected chi connectivity index (χ1v) is 8.65. The zero-order chi connectivity index (χ0) is 19.2. The van der Waals surface area contributed by atoms with Crippen LogP contribution in [-0.4, -0.2) is 28.2 Å². The maximum atomic E-state index is 12.7. The van der Waals surface area contributed by atoms with Crippen LogP contribution in [0.4, 0.5) is 17.2 Å². The normalized spacial score (nSPS) is 10.3. The number of nitrogens with zero attached hydrogens (tertiary/aromatic N) is 3. The summed E-state index contributed by atoms with van der Waals surface area (Å²) in [5, 5.41) is 3.10. The zero-order valence-electron chi connectivity index (χ0n) is 15.2. The Labute approximate surface area is 157 Å². The maximum absolute atomic E-state index is 12.7. The molecule has 0 atom stereocenters. The van der Waals surface area contributed by atoms with E-state index >= 15 is 0 Å². The smallest absolute Gasteiger partial charge is 0.278 e. The third kappa shape index (κ3) is 4.36. The largest absolute Gasteiger partial charge is 0.339 e. The van der Waals surface area contributed by atoms with E-state index in [1.165, 1.54) is 19.3 Å². The number of ketones is 1. The Morgan fingerprint density at radius 2 is 1.67 bits per heavy atom. The van der Waals surface area contributed by atoms with E-state index in [4.69, 9.17) is 0 Å². The highest BCUT2D eigenvalue weighted by Crippen LogP contribution is 2.17. The molecule has 0 aliphatic rings. The van der Waals surface area contributed by atoms with Gasteiger partial charge in [0.1, 0.15) is 11.5 Å². The van der Waals surface area contributed by atoms with Crippen LogP contribution in [-0.2, 0) is 0 Å². The van der Waals surface area contributed by atoms with E-state index in [0.717, 1.165) is 11.4 Å². The van der Waals surface area contributed by atoms with E-state index in [1.54, 1.807) is 29.2 Å². The molecule has 6 heteroatoms. The minimum absolute atomic E-state index is 0.0168. The molecule has 0 unspecified atom stereocenters. The monoisotopic (exact) mass is 360 g/mol. The summed E-state index contributed by atoms with van der Waals surface area (Å²) in [6.07, 6.45) is 2.98. The molecular formula is C21H20N4O2. The number of hydrogen-bond acceptors (Lipinski definition) is 5. The number of carbonyl (C=O) groups is 2. The molecule has 0 saturated carbocycles. The summed E-state index contributed by atoms with van der Waals surface area (Å²) in [5.74, 6) is 0.335. The van der Waals surface area contributed by atoms with Gasteiger partial charge in [0.05, 0.1) is 12.4 Å². The molecule has 1 amide bonds. The fourth-order valence-corrected chi connectivity index (χ4v) is 2.63. The van der Waals surface area contributed by atoms with Gasteiger partial charge < -0.3 is 10.2 Å². The fraction of sp³-hybridized carbons (Fsp3) is 0.143. The predicted octanol–water partition coefficient (Wildman–Crippen LogP) is 4.09. The van der Waals surface area contributed by atoms with E-state index in [-0.39, 0.29) is 17.4 Å². The summed E-state index contributed by atoms with van der Waals surface area (Å²) in [6.45, 7) is 3.98. The molecule has 3 aromatic rings. The Morgan fingerprint density at radius 1 is 0.963 bits per heavy atom. The molecule has 1 aromatic heterocycles. The second-order valence-electron chi connectivity index (χ2n) is 5.93. The SMILES string of the molecule is CCN(C(=O)c1cnc(Nc2ccc(C(C)=O)cc2)cn1)c1ccccc1. The molecule has 27 heavy (non-hydrogen) atoms. The first-order valence-electron chi connectivity index (χ1n) is 8.65. The Bertz CT molecular complexity index is 923. The van der Waals surface area contributed by atoms with Crippen LogP contribution < -0.4 is 10.2 Å². The lowest BCUT2D eigenvalue weighted by Crippen LogP contribution is -2.31. The molecule has 0 aliphatic heterocycles. The molecule has 1 heterocycles. The van der Waals surface area contributed by atoms with Crippen LogP contribution in [0.1, 0.15) is 34.7 Å². The lowest BCUT2D eigenvalue weighted by Gasteiger charge is -2.20. The second kappa shape index (κ2) is 8.23. The van der Waals surface area contributed by atoms with Gasteiger partial charge in [-0.05, 0) is 50.2 Å². The third-order valence-corrected chi connectivity index (χ3v) is 4.06. The van der Waals surface area contributed by atoms with Crippen molar-refractivity contribution in [3.63, 3.8) is 0 Å². The maximum Gasteiger partial charge on any atom is 0.278 e. The Kier molecular flexibility index (Phi) is 5.56. The molecule has 0 radical (unpaired) electrons. The first-order chi connectivity index (χ1) is 13.1. The van der Waals surface area contributed by atoms with Crippen molar-refractivity contribution in [3.05, 3.63) is 78.2 Å². The van der Waals surface area contributed by atoms with E-state index in [2.05, 4.69) is 15.3 Å². The highest BCUT2D eigenvalue weighted by molar-refractivity contribution is 6.04. The van der Waals surface area contributed by atoms with Crippen LogP contribution in [0.3, 0.4) is 0 Å². The van der Waals surface area contributed by atoms with Gasteiger partial charge in [0, 0.05) is 23.5 Å². The topological polar surface area (TPSA) is 75.2 Å². The number of amides is 1. The van der Waals surface area contributed by atoms with Crippen molar-refractivity contribution in [2.45, 2.75) is 13.8 Å². The molecule has 0 spiro atoms. The number of nitrogens with one attached hydrogen (secondary N) is 1. The Balaban J connectivity index is 1.72. The standard InChI is InChI=1S/C21H20N4O2/c1-3-25(18-7-5-4-6-8-18)21(27)19-13-23-20(14-22-19)24-17-11-9-16(10-12-17)15(2)26/h4-14H,3H2,1-2H3,(H,23,24). The number of anilines is 3. The van der Waals surface area contributed by atoms with E-state index in [0.29, 0.717) is 17.9 Å². The average molecular weight is 360 g/mol. The van der Waals surface area contributed by atoms with Crippen LogP contribution >= 0.6 is 0 Å². The molecule has 0 aliphatic carbocycles. The van der Waals surface area contributed by atoms with E-state index < -0.39 is 0 Å². The average Bonchev–Trinajstić information content (AvgIpc) is 2.70. The molecule has 6 nitrogen and oxygen atoms in total. The summed E-state index contributed by atoms with van der Waals surface area (Å²) in [4.78, 5) is 34.2. The molecular weight excluding hydrogens is 340 g/mol. The van der Waals surface area contributed by atoms with Gasteiger partial charge in [0.2, 0.25) is 0 Å². The number of rotatable bonds is 6. The van der Waals surface area contributed by atoms with Crippen molar-refractivity contribution in [2.24, 2.45) is 0 Å². The second-order valence-corrected chi connectivity index (χ2v) is 5.93. The van der Waals surface area contributed by atoms with Gasteiger partial charge in [0.15, 0.2) is 5.78 Å². The summed E-state index contributed by atoms with van der Waals surface area (Å²) in [7, 11) is 0. The van der Waals surface area contributed by atoms with Gasteiger partial charge in [-0.3, -0.25) is 9.59 Å². The summed E-state index contributed by atoms with van der Waals surface area (Å²) in [5.41, 5.74) is 2.53. The highest BCUT2D eigenvalue weighted by atomic mass is 16.2. The van der Waals surface area contributed by atoms with Crippen molar-refractivity contribution >= 4 is 28.9 Å². The summed E-state index contributed by atoms with van der Waals surface area (Å²) >= 11 is 0. The van der Waals surface area contributed by atoms with Gasteiger partial charge >= 0.3 is 0 Å². The fourth-order valence-electron chi connectivity index (χ4n) is 2.63. The van der Waals surface area contributed by atoms with Gasteiger partial charge in [-0.25, -0.2) is 9.97 Å². The van der Waals surface area contributed by atoms with E-state index in [1.807, 2.05) is 37.3 Å². The van der Waals surface area contributed by atoms with Crippen LogP contribution in [0.5, 0.6) is 0 Å². The Hall–Kier alpha value is -3.54. The summed E-state index contributed by atoms with van der Waals surface area (Å²) < 4.78 is 0. The van der Waals surface area contributed by atoms with Crippen LogP contribution in [0.25, 0.3) is 0 Å². The van der Waals surface area contributed by atoms with Gasteiger partial charge in [-0.2, -0.15) is 0 Å². The Morgan fingerprint density at radius 3 is 2.22 bits per heavy atom. The van der Waals surface area contributed by atoms with E-state index in [9.17, 15) is 9.59 Å². The minimum atomic E-state index is -0.200. The van der Waals surface area contributed by atoms with Crippen molar-refractivity contribution in [3.8, 4) is 0 Å². The highest BCUT2D eigenvalue weighted by Gasteiger charge is 2.17. The van der Waals surface area contributed by atoms with Crippen molar-refractivity contribution in [2.75, 3.05) is 16.8 Å². The number of aromatic nitrogens is 2. The minimum Gasteiger partial charge on any atom is -0.339 e. The lowest BCUT2D eigenvalue weighted by atomic mass is 10.1. The molecule has 136 valence electrons. The molecule has 0 saturated heterocycles. The van der Waals surface area contributed by atoms with Crippen molar-refractivity contribution < 1.29 is 9.59 Å². The van der Waals surface area contributed by atoms with Gasteiger partial charge in [-0.1, -0.05) is 18.2 Å². The molecule has 3 rings (SSSR count). The number of hydrogen-bond donors (Lipinski definition) is 1. The molecule has 1 N–H and O–H groups in total. The van der Waals surface area contributed by atoms with Gasteiger partial charge in [-0.15, -0.1) is 0 Å². The molecule has 2 aromatic carbocycles.